The van der Waals surface area contributed by atoms with Gasteiger partial charge in [-0.3, -0.25) is 4.79 Å². The minimum absolute atomic E-state index is 0.000838. The molecule has 2 N–H and O–H groups in total. The third kappa shape index (κ3) is 4.66. The molecule has 0 aliphatic carbocycles. The lowest BCUT2D eigenvalue weighted by Crippen LogP contribution is -2.02. The van der Waals surface area contributed by atoms with Gasteiger partial charge in [0.2, 0.25) is 0 Å². The number of aromatic nitrogens is 2. The van der Waals surface area contributed by atoms with Gasteiger partial charge in [-0.25, -0.2) is 14.8 Å². The Morgan fingerprint density at radius 1 is 0.852 bits per heavy atom. The van der Waals surface area contributed by atoms with Gasteiger partial charge in [0.05, 0.1) is 12.7 Å². The molecule has 7 heteroatoms. The Morgan fingerprint density at radius 3 is 2.15 bits per heavy atom. The zero-order valence-electron chi connectivity index (χ0n) is 14.9. The van der Waals surface area contributed by atoms with Crippen molar-refractivity contribution < 1.29 is 14.3 Å². The fourth-order valence-corrected chi connectivity index (χ4v) is 2.41. The van der Waals surface area contributed by atoms with Gasteiger partial charge < -0.3 is 15.4 Å². The summed E-state index contributed by atoms with van der Waals surface area (Å²) in [6.07, 6.45) is 1.43. The lowest BCUT2D eigenvalue weighted by atomic mass is 10.1. The molecule has 0 amide bonds. The Morgan fingerprint density at radius 2 is 1.52 bits per heavy atom. The van der Waals surface area contributed by atoms with Crippen LogP contribution in [0.15, 0.2) is 60.9 Å². The first-order chi connectivity index (χ1) is 13.0. The molecule has 1 aromatic heterocycles. The van der Waals surface area contributed by atoms with Gasteiger partial charge in [0.25, 0.3) is 0 Å². The maximum absolute atomic E-state index is 11.5. The molecular formula is C20H18N4O3. The number of carbonyl (C=O) groups is 2. The molecule has 0 fully saturated rings. The summed E-state index contributed by atoms with van der Waals surface area (Å²) in [7, 11) is 1.34. The van der Waals surface area contributed by atoms with Crippen LogP contribution in [0.4, 0.5) is 23.0 Å². The molecular weight excluding hydrogens is 344 g/mol. The van der Waals surface area contributed by atoms with Crippen LogP contribution in [-0.2, 0) is 4.74 Å². The molecule has 0 aliphatic rings. The summed E-state index contributed by atoms with van der Waals surface area (Å²) in [6, 6.07) is 15.8. The summed E-state index contributed by atoms with van der Waals surface area (Å²) < 4.78 is 4.68. The predicted molar refractivity (Wildman–Crippen MR) is 103 cm³/mol. The fraction of sp³-hybridized carbons (Fsp3) is 0.100. The molecule has 0 radical (unpaired) electrons. The number of rotatable bonds is 6. The number of hydrogen-bond donors (Lipinski definition) is 2. The van der Waals surface area contributed by atoms with Crippen LogP contribution in [-0.4, -0.2) is 28.8 Å². The van der Waals surface area contributed by atoms with Gasteiger partial charge in [-0.1, -0.05) is 12.1 Å². The SMILES string of the molecule is COC(=O)c1ccc(Nc2cc(Nc3cccc(C(C)=O)c3)ncn2)cc1. The van der Waals surface area contributed by atoms with Crippen LogP contribution in [0.2, 0.25) is 0 Å². The molecule has 7 nitrogen and oxygen atoms in total. The van der Waals surface area contributed by atoms with E-state index in [0.717, 1.165) is 11.4 Å². The molecule has 0 saturated heterocycles. The van der Waals surface area contributed by atoms with Gasteiger partial charge in [-0.15, -0.1) is 0 Å². The highest BCUT2D eigenvalue weighted by Crippen LogP contribution is 2.20. The second kappa shape index (κ2) is 8.09. The van der Waals surface area contributed by atoms with E-state index >= 15 is 0 Å². The van der Waals surface area contributed by atoms with E-state index in [0.29, 0.717) is 22.8 Å². The highest BCUT2D eigenvalue weighted by atomic mass is 16.5. The Labute approximate surface area is 156 Å². The predicted octanol–water partition coefficient (Wildman–Crippen LogP) is 3.95. The van der Waals surface area contributed by atoms with E-state index in [1.807, 2.05) is 12.1 Å². The number of benzene rings is 2. The molecule has 1 heterocycles. The number of nitrogens with one attached hydrogen (secondary N) is 2. The molecule has 2 aromatic carbocycles. The van der Waals surface area contributed by atoms with Gasteiger partial charge in [-0.05, 0) is 43.3 Å². The molecule has 0 saturated carbocycles. The van der Waals surface area contributed by atoms with Crippen LogP contribution in [0.25, 0.3) is 0 Å². The van der Waals surface area contributed by atoms with Crippen molar-refractivity contribution in [1.29, 1.82) is 0 Å². The average molecular weight is 362 g/mol. The van der Waals surface area contributed by atoms with Crippen LogP contribution in [0.1, 0.15) is 27.6 Å². The number of nitrogens with zero attached hydrogens (tertiary/aromatic N) is 2. The van der Waals surface area contributed by atoms with Gasteiger partial charge in [-0.2, -0.15) is 0 Å². The molecule has 0 bridgehead atoms. The Kier molecular flexibility index (Phi) is 5.41. The number of esters is 1. The first kappa shape index (κ1) is 18.1. The number of methoxy groups -OCH3 is 1. The quantitative estimate of drug-likeness (QED) is 0.506. The third-order valence-electron chi connectivity index (χ3n) is 3.79. The molecule has 0 spiro atoms. The average Bonchev–Trinajstić information content (AvgIpc) is 2.68. The first-order valence-electron chi connectivity index (χ1n) is 8.20. The standard InChI is InChI=1S/C20H18N4O3/c1-13(25)15-4-3-5-17(10-15)24-19-11-18(21-12-22-19)23-16-8-6-14(7-9-16)20(26)27-2/h3-12H,1-2H3,(H2,21,22,23,24). The number of Topliss-reactive ketones (excluding diaryl/α,β-unsaturated/α-hetero) is 1. The minimum Gasteiger partial charge on any atom is -0.465 e. The second-order valence-electron chi connectivity index (χ2n) is 5.74. The number of hydrogen-bond acceptors (Lipinski definition) is 7. The molecule has 27 heavy (non-hydrogen) atoms. The van der Waals surface area contributed by atoms with E-state index < -0.39 is 0 Å². The molecule has 0 atom stereocenters. The van der Waals surface area contributed by atoms with Crippen LogP contribution < -0.4 is 10.6 Å². The summed E-state index contributed by atoms with van der Waals surface area (Å²) in [5, 5.41) is 6.30. The van der Waals surface area contributed by atoms with Crippen molar-refractivity contribution in [3.8, 4) is 0 Å². The van der Waals surface area contributed by atoms with E-state index in [-0.39, 0.29) is 11.8 Å². The fourth-order valence-electron chi connectivity index (χ4n) is 2.41. The van der Waals surface area contributed by atoms with Crippen LogP contribution in [0.5, 0.6) is 0 Å². The van der Waals surface area contributed by atoms with Crippen LogP contribution in [0, 0.1) is 0 Å². The topological polar surface area (TPSA) is 93.2 Å². The molecule has 0 unspecified atom stereocenters. The van der Waals surface area contributed by atoms with Crippen molar-refractivity contribution in [2.24, 2.45) is 0 Å². The van der Waals surface area contributed by atoms with E-state index in [2.05, 4.69) is 25.3 Å². The summed E-state index contributed by atoms with van der Waals surface area (Å²) in [5.41, 5.74) is 2.62. The number of ketones is 1. The van der Waals surface area contributed by atoms with Gasteiger partial charge in [0, 0.05) is 23.0 Å². The highest BCUT2D eigenvalue weighted by molar-refractivity contribution is 5.95. The molecule has 136 valence electrons. The van der Waals surface area contributed by atoms with E-state index in [9.17, 15) is 9.59 Å². The Balaban J connectivity index is 1.73. The van der Waals surface area contributed by atoms with Gasteiger partial charge in [0.15, 0.2) is 5.78 Å². The van der Waals surface area contributed by atoms with Crippen molar-refractivity contribution >= 4 is 34.8 Å². The number of carbonyl (C=O) groups excluding carboxylic acids is 2. The highest BCUT2D eigenvalue weighted by Gasteiger charge is 2.06. The third-order valence-corrected chi connectivity index (χ3v) is 3.79. The first-order valence-corrected chi connectivity index (χ1v) is 8.20. The van der Waals surface area contributed by atoms with Crippen LogP contribution >= 0.6 is 0 Å². The largest absolute Gasteiger partial charge is 0.465 e. The lowest BCUT2D eigenvalue weighted by molar-refractivity contribution is 0.0600. The summed E-state index contributed by atoms with van der Waals surface area (Å²) in [4.78, 5) is 31.4. The van der Waals surface area contributed by atoms with E-state index in [1.165, 1.54) is 20.4 Å². The molecule has 3 aromatic rings. The normalized spacial score (nSPS) is 10.1. The number of anilines is 4. The Hall–Kier alpha value is -3.74. The Bertz CT molecular complexity index is 971. The number of ether oxygens (including phenoxy) is 1. The molecule has 0 aliphatic heterocycles. The molecule has 3 rings (SSSR count). The van der Waals surface area contributed by atoms with Crippen molar-refractivity contribution in [1.82, 2.24) is 9.97 Å². The zero-order valence-corrected chi connectivity index (χ0v) is 14.9. The minimum atomic E-state index is -0.386. The monoisotopic (exact) mass is 362 g/mol. The van der Waals surface area contributed by atoms with Crippen molar-refractivity contribution in [2.45, 2.75) is 6.92 Å². The van der Waals surface area contributed by atoms with E-state index in [4.69, 9.17) is 0 Å². The maximum atomic E-state index is 11.5. The summed E-state index contributed by atoms with van der Waals surface area (Å²) >= 11 is 0. The lowest BCUT2D eigenvalue weighted by Gasteiger charge is -2.09. The van der Waals surface area contributed by atoms with Crippen LogP contribution in [0.3, 0.4) is 0 Å². The zero-order chi connectivity index (χ0) is 19.2. The van der Waals surface area contributed by atoms with Crippen molar-refractivity contribution in [3.05, 3.63) is 72.1 Å². The van der Waals surface area contributed by atoms with Gasteiger partial charge >= 0.3 is 5.97 Å². The van der Waals surface area contributed by atoms with Crippen molar-refractivity contribution in [2.75, 3.05) is 17.7 Å². The second-order valence-corrected chi connectivity index (χ2v) is 5.74. The maximum Gasteiger partial charge on any atom is 0.337 e. The summed E-state index contributed by atoms with van der Waals surface area (Å²) in [6.45, 7) is 1.53. The van der Waals surface area contributed by atoms with Gasteiger partial charge in [0.1, 0.15) is 18.0 Å². The summed E-state index contributed by atoms with van der Waals surface area (Å²) in [5.74, 6) is 0.780. The smallest absolute Gasteiger partial charge is 0.337 e. The van der Waals surface area contributed by atoms with E-state index in [1.54, 1.807) is 42.5 Å². The van der Waals surface area contributed by atoms with Crippen molar-refractivity contribution in [3.63, 3.8) is 0 Å².